The fraction of sp³-hybridized carbons (Fsp3) is 0.417. The van der Waals surface area contributed by atoms with Crippen molar-refractivity contribution < 1.29 is 14.3 Å². The van der Waals surface area contributed by atoms with Crippen molar-refractivity contribution in [1.82, 2.24) is 5.32 Å². The Balaban J connectivity index is 1.55. The van der Waals surface area contributed by atoms with Gasteiger partial charge in [0.05, 0.1) is 6.54 Å². The van der Waals surface area contributed by atoms with E-state index in [1.807, 2.05) is 18.2 Å². The Labute approximate surface area is 99.1 Å². The summed E-state index contributed by atoms with van der Waals surface area (Å²) in [6.45, 7) is 0.553. The van der Waals surface area contributed by atoms with Crippen LogP contribution in [0.4, 0.5) is 5.69 Å². The molecule has 2 aliphatic rings. The Bertz CT molecular complexity index is 443. The molecule has 5 nitrogen and oxygen atoms in total. The molecule has 2 N–H and O–H groups in total. The number of hydrogen-bond acceptors (Lipinski definition) is 4. The van der Waals surface area contributed by atoms with Crippen molar-refractivity contribution >= 4 is 11.6 Å². The van der Waals surface area contributed by atoms with Gasteiger partial charge in [-0.05, 0) is 25.0 Å². The van der Waals surface area contributed by atoms with Crippen LogP contribution in [0.5, 0.6) is 11.5 Å². The van der Waals surface area contributed by atoms with Crippen LogP contribution in [0.2, 0.25) is 0 Å². The fourth-order valence-corrected chi connectivity index (χ4v) is 1.70. The zero-order chi connectivity index (χ0) is 11.7. The van der Waals surface area contributed by atoms with Gasteiger partial charge in [-0.25, -0.2) is 0 Å². The zero-order valence-electron chi connectivity index (χ0n) is 9.36. The standard InChI is InChI=1S/C12H14N2O3/c15-12(14-8-1-2-8)6-13-9-3-4-10-11(5-9)17-7-16-10/h3-5,8,13H,1-2,6-7H2,(H,14,15). The summed E-state index contributed by atoms with van der Waals surface area (Å²) in [5.74, 6) is 1.50. The van der Waals surface area contributed by atoms with Crippen LogP contribution in [0.25, 0.3) is 0 Å². The molecular formula is C12H14N2O3. The number of rotatable bonds is 4. The van der Waals surface area contributed by atoms with E-state index < -0.39 is 0 Å². The highest BCUT2D eigenvalue weighted by Gasteiger charge is 2.22. The van der Waals surface area contributed by atoms with E-state index in [-0.39, 0.29) is 19.2 Å². The second-order valence-electron chi connectivity index (χ2n) is 4.26. The Hall–Kier alpha value is -1.91. The lowest BCUT2D eigenvalue weighted by molar-refractivity contribution is -0.119. The fourth-order valence-electron chi connectivity index (χ4n) is 1.70. The van der Waals surface area contributed by atoms with Gasteiger partial charge in [0, 0.05) is 17.8 Å². The lowest BCUT2D eigenvalue weighted by Crippen LogP contribution is -2.31. The number of carbonyl (C=O) groups excluding carboxylic acids is 1. The van der Waals surface area contributed by atoms with E-state index in [0.29, 0.717) is 6.04 Å². The predicted octanol–water partition coefficient (Wildman–Crippen LogP) is 1.11. The Kier molecular flexibility index (Phi) is 2.51. The molecule has 5 heteroatoms. The second-order valence-corrected chi connectivity index (χ2v) is 4.26. The second kappa shape index (κ2) is 4.16. The molecule has 0 spiro atoms. The molecule has 17 heavy (non-hydrogen) atoms. The Morgan fingerprint density at radius 3 is 2.94 bits per heavy atom. The summed E-state index contributed by atoms with van der Waals surface area (Å²) in [5, 5.41) is 5.98. The van der Waals surface area contributed by atoms with E-state index in [1.165, 1.54) is 0 Å². The van der Waals surface area contributed by atoms with Gasteiger partial charge in [-0.15, -0.1) is 0 Å². The van der Waals surface area contributed by atoms with Crippen LogP contribution < -0.4 is 20.1 Å². The molecule has 1 aromatic rings. The first kappa shape index (κ1) is 10.3. The first-order valence-corrected chi connectivity index (χ1v) is 5.74. The highest BCUT2D eigenvalue weighted by molar-refractivity contribution is 5.81. The minimum Gasteiger partial charge on any atom is -0.454 e. The van der Waals surface area contributed by atoms with E-state index in [4.69, 9.17) is 9.47 Å². The smallest absolute Gasteiger partial charge is 0.239 e. The highest BCUT2D eigenvalue weighted by Crippen LogP contribution is 2.34. The third-order valence-corrected chi connectivity index (χ3v) is 2.77. The van der Waals surface area contributed by atoms with Crippen LogP contribution in [0.15, 0.2) is 18.2 Å². The van der Waals surface area contributed by atoms with Gasteiger partial charge in [0.15, 0.2) is 11.5 Å². The van der Waals surface area contributed by atoms with Crippen molar-refractivity contribution in [3.8, 4) is 11.5 Å². The third-order valence-electron chi connectivity index (χ3n) is 2.77. The molecule has 0 aromatic heterocycles. The van der Waals surface area contributed by atoms with Gasteiger partial charge in [0.2, 0.25) is 12.7 Å². The summed E-state index contributed by atoms with van der Waals surface area (Å²) in [6, 6.07) is 5.95. The van der Waals surface area contributed by atoms with Crippen molar-refractivity contribution in [2.24, 2.45) is 0 Å². The van der Waals surface area contributed by atoms with Crippen LogP contribution in [-0.4, -0.2) is 25.3 Å². The number of fused-ring (bicyclic) bond motifs is 1. The first-order valence-electron chi connectivity index (χ1n) is 5.74. The maximum Gasteiger partial charge on any atom is 0.239 e. The topological polar surface area (TPSA) is 59.6 Å². The van der Waals surface area contributed by atoms with Gasteiger partial charge in [-0.3, -0.25) is 4.79 Å². The minimum absolute atomic E-state index is 0.0326. The molecule has 1 aliphatic heterocycles. The molecule has 1 fully saturated rings. The number of hydrogen-bond donors (Lipinski definition) is 2. The van der Waals surface area contributed by atoms with E-state index in [9.17, 15) is 4.79 Å². The van der Waals surface area contributed by atoms with Crippen molar-refractivity contribution in [1.29, 1.82) is 0 Å². The SMILES string of the molecule is O=C(CNc1ccc2c(c1)OCO2)NC1CC1. The molecule has 0 unspecified atom stereocenters. The largest absolute Gasteiger partial charge is 0.454 e. The molecule has 0 saturated heterocycles. The molecule has 0 radical (unpaired) electrons. The minimum atomic E-state index is 0.0326. The normalized spacial score (nSPS) is 16.7. The molecule has 1 aliphatic carbocycles. The average Bonchev–Trinajstić information content (AvgIpc) is 3.01. The van der Waals surface area contributed by atoms with Gasteiger partial charge in [-0.1, -0.05) is 0 Å². The molecule has 0 atom stereocenters. The van der Waals surface area contributed by atoms with E-state index >= 15 is 0 Å². The molecule has 3 rings (SSSR count). The summed E-state index contributed by atoms with van der Waals surface area (Å²) in [5.41, 5.74) is 0.861. The number of nitrogens with one attached hydrogen (secondary N) is 2. The highest BCUT2D eigenvalue weighted by atomic mass is 16.7. The number of amides is 1. The van der Waals surface area contributed by atoms with Gasteiger partial charge < -0.3 is 20.1 Å². The van der Waals surface area contributed by atoms with Crippen molar-refractivity contribution in [2.45, 2.75) is 18.9 Å². The summed E-state index contributed by atoms with van der Waals surface area (Å²) >= 11 is 0. The van der Waals surface area contributed by atoms with Gasteiger partial charge in [-0.2, -0.15) is 0 Å². The lowest BCUT2D eigenvalue weighted by Gasteiger charge is -2.07. The van der Waals surface area contributed by atoms with Crippen LogP contribution in [0, 0.1) is 0 Å². The van der Waals surface area contributed by atoms with Crippen molar-refractivity contribution in [3.05, 3.63) is 18.2 Å². The quantitative estimate of drug-likeness (QED) is 0.819. The number of anilines is 1. The van der Waals surface area contributed by atoms with Gasteiger partial charge >= 0.3 is 0 Å². The number of benzene rings is 1. The predicted molar refractivity (Wildman–Crippen MR) is 62.2 cm³/mol. The van der Waals surface area contributed by atoms with E-state index in [1.54, 1.807) is 0 Å². The van der Waals surface area contributed by atoms with E-state index in [2.05, 4.69) is 10.6 Å². The monoisotopic (exact) mass is 234 g/mol. The number of ether oxygens (including phenoxy) is 2. The maximum atomic E-state index is 11.5. The Morgan fingerprint density at radius 1 is 1.29 bits per heavy atom. The molecule has 1 amide bonds. The zero-order valence-corrected chi connectivity index (χ0v) is 9.36. The van der Waals surface area contributed by atoms with Crippen molar-refractivity contribution in [3.63, 3.8) is 0 Å². The summed E-state index contributed by atoms with van der Waals surface area (Å²) in [6.07, 6.45) is 2.21. The van der Waals surface area contributed by atoms with Crippen LogP contribution >= 0.6 is 0 Å². The van der Waals surface area contributed by atoms with Crippen LogP contribution in [0.3, 0.4) is 0 Å². The molecule has 90 valence electrons. The summed E-state index contributed by atoms with van der Waals surface area (Å²) < 4.78 is 10.5. The average molecular weight is 234 g/mol. The van der Waals surface area contributed by atoms with E-state index in [0.717, 1.165) is 30.0 Å². The summed E-state index contributed by atoms with van der Waals surface area (Å²) in [4.78, 5) is 11.5. The summed E-state index contributed by atoms with van der Waals surface area (Å²) in [7, 11) is 0. The molecule has 1 heterocycles. The van der Waals surface area contributed by atoms with Crippen LogP contribution in [0.1, 0.15) is 12.8 Å². The number of carbonyl (C=O) groups is 1. The van der Waals surface area contributed by atoms with Crippen molar-refractivity contribution in [2.75, 3.05) is 18.7 Å². The van der Waals surface area contributed by atoms with Crippen LogP contribution in [-0.2, 0) is 4.79 Å². The Morgan fingerprint density at radius 2 is 2.12 bits per heavy atom. The third kappa shape index (κ3) is 2.43. The molecule has 1 aromatic carbocycles. The van der Waals surface area contributed by atoms with Gasteiger partial charge in [0.25, 0.3) is 0 Å². The molecular weight excluding hydrogens is 220 g/mol. The molecule has 1 saturated carbocycles. The maximum absolute atomic E-state index is 11.5. The molecule has 0 bridgehead atoms. The lowest BCUT2D eigenvalue weighted by atomic mass is 10.3. The first-order chi connectivity index (χ1) is 8.31. The van der Waals surface area contributed by atoms with Gasteiger partial charge in [0.1, 0.15) is 0 Å².